The molecule has 130 valence electrons. The number of amides is 3. The maximum absolute atomic E-state index is 12.5. The summed E-state index contributed by atoms with van der Waals surface area (Å²) in [5.74, 6) is -0.0497. The van der Waals surface area contributed by atoms with Gasteiger partial charge in [-0.15, -0.1) is 0 Å². The fraction of sp³-hybridized carbons (Fsp3) is 0.300. The van der Waals surface area contributed by atoms with Crippen LogP contribution >= 0.6 is 0 Å². The molecule has 0 spiro atoms. The van der Waals surface area contributed by atoms with Crippen molar-refractivity contribution in [2.45, 2.75) is 32.2 Å². The van der Waals surface area contributed by atoms with Crippen LogP contribution in [0.2, 0.25) is 0 Å². The van der Waals surface area contributed by atoms with Crippen molar-refractivity contribution in [3.8, 4) is 0 Å². The van der Waals surface area contributed by atoms with Gasteiger partial charge in [-0.3, -0.25) is 4.79 Å². The predicted octanol–water partition coefficient (Wildman–Crippen LogP) is 3.76. The van der Waals surface area contributed by atoms with Crippen LogP contribution < -0.4 is 16.4 Å². The number of hydrogen-bond donors (Lipinski definition) is 3. The first-order valence-corrected chi connectivity index (χ1v) is 8.57. The number of carbonyl (C=O) groups excluding carboxylic acids is 2. The minimum absolute atomic E-state index is 0.00502. The van der Waals surface area contributed by atoms with E-state index in [-0.39, 0.29) is 12.1 Å². The lowest BCUT2D eigenvalue weighted by Crippen LogP contribution is -2.38. The highest BCUT2D eigenvalue weighted by molar-refractivity contribution is 5.96. The Kier molecular flexibility index (Phi) is 5.03. The van der Waals surface area contributed by atoms with Crippen LogP contribution in [-0.2, 0) is 0 Å². The number of nitrogens with two attached hydrogens (primary N) is 1. The largest absolute Gasteiger partial charge is 0.366 e. The van der Waals surface area contributed by atoms with E-state index in [0.717, 1.165) is 24.0 Å². The van der Waals surface area contributed by atoms with E-state index in [2.05, 4.69) is 10.6 Å². The van der Waals surface area contributed by atoms with E-state index >= 15 is 0 Å². The fourth-order valence-corrected chi connectivity index (χ4v) is 3.12. The lowest BCUT2D eigenvalue weighted by Gasteiger charge is -2.34. The summed E-state index contributed by atoms with van der Waals surface area (Å²) in [6.45, 7) is 1.88. The molecular weight excluding hydrogens is 314 g/mol. The molecule has 1 atom stereocenters. The monoisotopic (exact) mass is 337 g/mol. The van der Waals surface area contributed by atoms with Gasteiger partial charge in [-0.1, -0.05) is 42.8 Å². The number of carbonyl (C=O) groups is 2. The van der Waals surface area contributed by atoms with Gasteiger partial charge in [-0.25, -0.2) is 4.79 Å². The third kappa shape index (κ3) is 3.99. The normalized spacial score (nSPS) is 15.1. The zero-order valence-electron chi connectivity index (χ0n) is 14.3. The van der Waals surface area contributed by atoms with E-state index in [0.29, 0.717) is 17.2 Å². The highest BCUT2D eigenvalue weighted by Crippen LogP contribution is 2.37. The SMILES string of the molecule is Cc1ccc(C(N)=O)cc1NC(=O)NC(c1ccccc1)C1CCC1. The molecule has 2 aromatic rings. The Morgan fingerprint density at radius 3 is 2.44 bits per heavy atom. The molecule has 0 aliphatic heterocycles. The number of anilines is 1. The lowest BCUT2D eigenvalue weighted by molar-refractivity contribution is 0.1000. The number of nitrogens with one attached hydrogen (secondary N) is 2. The molecule has 2 aromatic carbocycles. The van der Waals surface area contributed by atoms with E-state index < -0.39 is 5.91 Å². The average Bonchev–Trinajstić information content (AvgIpc) is 2.55. The van der Waals surface area contributed by atoms with Crippen LogP contribution in [0.15, 0.2) is 48.5 Å². The molecule has 5 nitrogen and oxygen atoms in total. The summed E-state index contributed by atoms with van der Waals surface area (Å²) in [5, 5.41) is 5.94. The maximum Gasteiger partial charge on any atom is 0.319 e. The second-order valence-electron chi connectivity index (χ2n) is 6.57. The second-order valence-corrected chi connectivity index (χ2v) is 6.57. The van der Waals surface area contributed by atoms with Crippen molar-refractivity contribution in [3.63, 3.8) is 0 Å². The van der Waals surface area contributed by atoms with Crippen LogP contribution in [-0.4, -0.2) is 11.9 Å². The van der Waals surface area contributed by atoms with Crippen molar-refractivity contribution in [1.82, 2.24) is 5.32 Å². The molecule has 0 aromatic heterocycles. The predicted molar refractivity (Wildman–Crippen MR) is 98.4 cm³/mol. The van der Waals surface area contributed by atoms with Crippen molar-refractivity contribution in [3.05, 3.63) is 65.2 Å². The first kappa shape index (κ1) is 17.0. The van der Waals surface area contributed by atoms with Gasteiger partial charge in [0.1, 0.15) is 0 Å². The first-order valence-electron chi connectivity index (χ1n) is 8.57. The molecule has 5 heteroatoms. The van der Waals surface area contributed by atoms with E-state index in [1.807, 2.05) is 37.3 Å². The van der Waals surface area contributed by atoms with Crippen molar-refractivity contribution in [1.29, 1.82) is 0 Å². The average molecular weight is 337 g/mol. The van der Waals surface area contributed by atoms with Gasteiger partial charge in [0.2, 0.25) is 5.91 Å². The van der Waals surface area contributed by atoms with Gasteiger partial charge >= 0.3 is 6.03 Å². The van der Waals surface area contributed by atoms with Gasteiger partial charge < -0.3 is 16.4 Å². The van der Waals surface area contributed by atoms with Gasteiger partial charge in [0.15, 0.2) is 0 Å². The molecule has 0 radical (unpaired) electrons. The number of aryl methyl sites for hydroxylation is 1. The molecule has 0 heterocycles. The third-order valence-corrected chi connectivity index (χ3v) is 4.84. The summed E-state index contributed by atoms with van der Waals surface area (Å²) < 4.78 is 0. The Bertz CT molecular complexity index is 770. The number of primary amides is 1. The Morgan fingerprint density at radius 1 is 1.12 bits per heavy atom. The van der Waals surface area contributed by atoms with Gasteiger partial charge in [-0.2, -0.15) is 0 Å². The van der Waals surface area contributed by atoms with E-state index in [4.69, 9.17) is 5.73 Å². The summed E-state index contributed by atoms with van der Waals surface area (Å²) in [6.07, 6.45) is 3.45. The highest BCUT2D eigenvalue weighted by Gasteiger charge is 2.29. The van der Waals surface area contributed by atoms with E-state index in [1.165, 1.54) is 6.42 Å². The summed E-state index contributed by atoms with van der Waals surface area (Å²) in [5.41, 5.74) is 8.28. The van der Waals surface area contributed by atoms with Crippen molar-refractivity contribution < 1.29 is 9.59 Å². The number of benzene rings is 2. The summed E-state index contributed by atoms with van der Waals surface area (Å²) in [7, 11) is 0. The van der Waals surface area contributed by atoms with Gasteiger partial charge in [0.25, 0.3) is 0 Å². The summed E-state index contributed by atoms with van der Waals surface area (Å²) in [4.78, 5) is 23.9. The molecule has 1 aliphatic rings. The minimum Gasteiger partial charge on any atom is -0.366 e. The Hall–Kier alpha value is -2.82. The maximum atomic E-state index is 12.5. The molecule has 1 aliphatic carbocycles. The van der Waals surface area contributed by atoms with Crippen molar-refractivity contribution >= 4 is 17.6 Å². The van der Waals surface area contributed by atoms with Gasteiger partial charge in [-0.05, 0) is 48.9 Å². The zero-order chi connectivity index (χ0) is 17.8. The van der Waals surface area contributed by atoms with Crippen LogP contribution in [0.4, 0.5) is 10.5 Å². The molecule has 4 N–H and O–H groups in total. The summed E-state index contributed by atoms with van der Waals surface area (Å²) >= 11 is 0. The third-order valence-electron chi connectivity index (χ3n) is 4.84. The molecule has 1 saturated carbocycles. The van der Waals surface area contributed by atoms with Crippen molar-refractivity contribution in [2.75, 3.05) is 5.32 Å². The van der Waals surface area contributed by atoms with Crippen LogP contribution in [0.25, 0.3) is 0 Å². The Morgan fingerprint density at radius 2 is 1.84 bits per heavy atom. The number of rotatable bonds is 5. The zero-order valence-corrected chi connectivity index (χ0v) is 14.3. The smallest absolute Gasteiger partial charge is 0.319 e. The van der Waals surface area contributed by atoms with Crippen LogP contribution in [0.5, 0.6) is 0 Å². The molecule has 25 heavy (non-hydrogen) atoms. The van der Waals surface area contributed by atoms with Gasteiger partial charge in [0, 0.05) is 11.3 Å². The summed E-state index contributed by atoms with van der Waals surface area (Å²) in [6, 6.07) is 14.8. The van der Waals surface area contributed by atoms with Crippen LogP contribution in [0.1, 0.15) is 46.8 Å². The van der Waals surface area contributed by atoms with Gasteiger partial charge in [0.05, 0.1) is 6.04 Å². The minimum atomic E-state index is -0.514. The fourth-order valence-electron chi connectivity index (χ4n) is 3.12. The highest BCUT2D eigenvalue weighted by atomic mass is 16.2. The number of urea groups is 1. The molecule has 0 saturated heterocycles. The van der Waals surface area contributed by atoms with Crippen molar-refractivity contribution in [2.24, 2.45) is 11.7 Å². The topological polar surface area (TPSA) is 84.2 Å². The number of hydrogen-bond acceptors (Lipinski definition) is 2. The molecule has 0 bridgehead atoms. The lowest BCUT2D eigenvalue weighted by atomic mass is 9.77. The quantitative estimate of drug-likeness (QED) is 0.776. The molecule has 3 rings (SSSR count). The standard InChI is InChI=1S/C20H23N3O2/c1-13-10-11-16(19(21)24)12-17(13)22-20(25)23-18(15-8-5-9-15)14-6-3-2-4-7-14/h2-4,6-7,10-12,15,18H,5,8-9H2,1H3,(H2,21,24)(H2,22,23,25). The molecule has 3 amide bonds. The van der Waals surface area contributed by atoms with Crippen LogP contribution in [0, 0.1) is 12.8 Å². The molecular formula is C20H23N3O2. The van der Waals surface area contributed by atoms with E-state index in [1.54, 1.807) is 18.2 Å². The van der Waals surface area contributed by atoms with E-state index in [9.17, 15) is 9.59 Å². The molecule has 1 fully saturated rings. The van der Waals surface area contributed by atoms with Crippen LogP contribution in [0.3, 0.4) is 0 Å². The molecule has 1 unspecified atom stereocenters. The Labute approximate surface area is 147 Å². The Balaban J connectivity index is 1.74. The second kappa shape index (κ2) is 7.38. The first-order chi connectivity index (χ1) is 12.0.